The summed E-state index contributed by atoms with van der Waals surface area (Å²) >= 11 is 7.74. The third kappa shape index (κ3) is 7.53. The minimum atomic E-state index is 0.515. The van der Waals surface area contributed by atoms with E-state index >= 15 is 0 Å². The standard InChI is InChI=1S/C20H29ClN6OS/c1-2-19-26-25-15-27(19)10-8-22-20(24-13-16-7-11-28-14-16)23-9-12-29-18-5-3-17(21)4-6-18/h3-6,15-16H,2,7-14H2,1H3,(H2,22,23,24). The molecule has 2 heterocycles. The van der Waals surface area contributed by atoms with Crippen LogP contribution in [0.1, 0.15) is 19.2 Å². The highest BCUT2D eigenvalue weighted by Gasteiger charge is 2.15. The monoisotopic (exact) mass is 436 g/mol. The van der Waals surface area contributed by atoms with E-state index in [1.54, 1.807) is 18.1 Å². The van der Waals surface area contributed by atoms with Gasteiger partial charge < -0.3 is 19.9 Å². The number of nitrogens with zero attached hydrogens (tertiary/aromatic N) is 4. The first kappa shape index (κ1) is 21.9. The van der Waals surface area contributed by atoms with Crippen molar-refractivity contribution < 1.29 is 4.74 Å². The van der Waals surface area contributed by atoms with E-state index in [1.165, 1.54) is 4.90 Å². The lowest BCUT2D eigenvalue weighted by Gasteiger charge is -2.14. The Hall–Kier alpha value is -1.77. The van der Waals surface area contributed by atoms with E-state index in [2.05, 4.69) is 32.3 Å². The molecule has 2 N–H and O–H groups in total. The maximum absolute atomic E-state index is 5.94. The van der Waals surface area contributed by atoms with E-state index < -0.39 is 0 Å². The Bertz CT molecular complexity index is 761. The number of aryl methyl sites for hydroxylation is 1. The highest BCUT2D eigenvalue weighted by atomic mass is 35.5. The summed E-state index contributed by atoms with van der Waals surface area (Å²) in [7, 11) is 0. The van der Waals surface area contributed by atoms with Gasteiger partial charge in [-0.2, -0.15) is 0 Å². The van der Waals surface area contributed by atoms with Gasteiger partial charge in [-0.25, -0.2) is 0 Å². The zero-order valence-corrected chi connectivity index (χ0v) is 18.4. The predicted molar refractivity (Wildman–Crippen MR) is 119 cm³/mol. The van der Waals surface area contributed by atoms with Crippen LogP contribution in [0.5, 0.6) is 0 Å². The number of aliphatic imine (C=N–C) groups is 1. The summed E-state index contributed by atoms with van der Waals surface area (Å²) in [5, 5.41) is 15.8. The fourth-order valence-corrected chi connectivity index (χ4v) is 3.92. The molecule has 1 unspecified atom stereocenters. The number of hydrogen-bond donors (Lipinski definition) is 2. The van der Waals surface area contributed by atoms with Crippen LogP contribution in [0.4, 0.5) is 0 Å². The summed E-state index contributed by atoms with van der Waals surface area (Å²) in [5.74, 6) is 3.31. The van der Waals surface area contributed by atoms with Gasteiger partial charge in [0.1, 0.15) is 12.2 Å². The molecule has 1 atom stereocenters. The van der Waals surface area contributed by atoms with E-state index in [9.17, 15) is 0 Å². The number of guanidine groups is 1. The molecule has 1 fully saturated rings. The number of thioether (sulfide) groups is 1. The SMILES string of the molecule is CCc1nncn1CCNC(=NCC1CCOC1)NCCSc1ccc(Cl)cc1. The van der Waals surface area contributed by atoms with Gasteiger partial charge in [-0.1, -0.05) is 18.5 Å². The summed E-state index contributed by atoms with van der Waals surface area (Å²) in [6, 6.07) is 7.94. The van der Waals surface area contributed by atoms with Gasteiger partial charge in [0.15, 0.2) is 5.96 Å². The minimum Gasteiger partial charge on any atom is -0.381 e. The highest BCUT2D eigenvalue weighted by molar-refractivity contribution is 7.99. The summed E-state index contributed by atoms with van der Waals surface area (Å²) in [6.07, 6.45) is 3.75. The van der Waals surface area contributed by atoms with Crippen molar-refractivity contribution in [3.05, 3.63) is 41.4 Å². The van der Waals surface area contributed by atoms with Gasteiger partial charge in [0.25, 0.3) is 0 Å². The molecule has 0 amide bonds. The van der Waals surface area contributed by atoms with Crippen LogP contribution in [0, 0.1) is 5.92 Å². The third-order valence-corrected chi connectivity index (χ3v) is 5.93. The average Bonchev–Trinajstić information content (AvgIpc) is 3.41. The van der Waals surface area contributed by atoms with Gasteiger partial charge in [-0.3, -0.25) is 4.99 Å². The van der Waals surface area contributed by atoms with E-state index in [-0.39, 0.29) is 0 Å². The quantitative estimate of drug-likeness (QED) is 0.258. The zero-order valence-electron chi connectivity index (χ0n) is 16.8. The third-order valence-electron chi connectivity index (χ3n) is 4.67. The largest absolute Gasteiger partial charge is 0.381 e. The molecule has 0 radical (unpaired) electrons. The van der Waals surface area contributed by atoms with Crippen molar-refractivity contribution in [1.29, 1.82) is 0 Å². The van der Waals surface area contributed by atoms with E-state index in [1.807, 2.05) is 24.3 Å². The van der Waals surface area contributed by atoms with Crippen LogP contribution in [0.3, 0.4) is 0 Å². The number of halogens is 1. The molecular weight excluding hydrogens is 408 g/mol. The van der Waals surface area contributed by atoms with Gasteiger partial charge >= 0.3 is 0 Å². The number of aromatic nitrogens is 3. The van der Waals surface area contributed by atoms with E-state index in [0.29, 0.717) is 5.92 Å². The molecule has 9 heteroatoms. The fourth-order valence-electron chi connectivity index (χ4n) is 3.03. The lowest BCUT2D eigenvalue weighted by atomic mass is 10.1. The molecule has 1 aliphatic rings. The molecule has 158 valence electrons. The van der Waals surface area contributed by atoms with Gasteiger partial charge in [-0.05, 0) is 30.7 Å². The van der Waals surface area contributed by atoms with Gasteiger partial charge in [-0.15, -0.1) is 22.0 Å². The molecule has 1 saturated heterocycles. The summed E-state index contributed by atoms with van der Waals surface area (Å²) in [5.41, 5.74) is 0. The Balaban J connectivity index is 1.45. The van der Waals surface area contributed by atoms with Crippen molar-refractivity contribution in [3.63, 3.8) is 0 Å². The molecule has 1 aromatic carbocycles. The number of benzene rings is 1. The normalized spacial score (nSPS) is 16.9. The Morgan fingerprint density at radius 3 is 2.90 bits per heavy atom. The smallest absolute Gasteiger partial charge is 0.191 e. The van der Waals surface area contributed by atoms with E-state index in [4.69, 9.17) is 21.3 Å². The van der Waals surface area contributed by atoms with Crippen LogP contribution in [0.15, 0.2) is 40.5 Å². The number of nitrogens with one attached hydrogen (secondary N) is 2. The van der Waals surface area contributed by atoms with Crippen LogP contribution in [0.2, 0.25) is 5.02 Å². The van der Waals surface area contributed by atoms with Crippen LogP contribution >= 0.6 is 23.4 Å². The molecule has 0 aliphatic carbocycles. The van der Waals surface area contributed by atoms with E-state index in [0.717, 1.165) is 74.8 Å². The second-order valence-corrected chi connectivity index (χ2v) is 8.47. The minimum absolute atomic E-state index is 0.515. The fraction of sp³-hybridized carbons (Fsp3) is 0.550. The number of rotatable bonds is 10. The molecule has 1 aliphatic heterocycles. The Labute approximate surface area is 181 Å². The summed E-state index contributed by atoms with van der Waals surface area (Å²) in [4.78, 5) is 5.98. The zero-order chi connectivity index (χ0) is 20.3. The topological polar surface area (TPSA) is 76.4 Å². The maximum atomic E-state index is 5.94. The second-order valence-electron chi connectivity index (χ2n) is 6.87. The van der Waals surface area contributed by atoms with Crippen LogP contribution in [0.25, 0.3) is 0 Å². The van der Waals surface area contributed by atoms with Crippen molar-refractivity contribution in [2.45, 2.75) is 31.2 Å². The average molecular weight is 437 g/mol. The highest BCUT2D eigenvalue weighted by Crippen LogP contribution is 2.19. The van der Waals surface area contributed by atoms with Crippen LogP contribution < -0.4 is 10.6 Å². The maximum Gasteiger partial charge on any atom is 0.191 e. The Morgan fingerprint density at radius 1 is 1.31 bits per heavy atom. The van der Waals surface area contributed by atoms with Gasteiger partial charge in [0, 0.05) is 60.8 Å². The Morgan fingerprint density at radius 2 is 2.14 bits per heavy atom. The Kier molecular flexibility index (Phi) is 9.11. The number of hydrogen-bond acceptors (Lipinski definition) is 5. The second kappa shape index (κ2) is 12.0. The van der Waals surface area contributed by atoms with Gasteiger partial charge in [0.2, 0.25) is 0 Å². The summed E-state index contributed by atoms with van der Waals surface area (Å²) < 4.78 is 7.54. The molecule has 2 aromatic rings. The first-order valence-electron chi connectivity index (χ1n) is 10.1. The van der Waals surface area contributed by atoms with Crippen molar-refractivity contribution in [2.24, 2.45) is 10.9 Å². The van der Waals surface area contributed by atoms with Crippen LogP contribution in [-0.2, 0) is 17.7 Å². The lowest BCUT2D eigenvalue weighted by Crippen LogP contribution is -2.40. The van der Waals surface area contributed by atoms with Crippen molar-refractivity contribution >= 4 is 29.3 Å². The molecule has 29 heavy (non-hydrogen) atoms. The molecule has 7 nitrogen and oxygen atoms in total. The first-order valence-corrected chi connectivity index (χ1v) is 11.5. The van der Waals surface area contributed by atoms with Crippen LogP contribution in [-0.4, -0.2) is 59.3 Å². The first-order chi connectivity index (χ1) is 14.2. The van der Waals surface area contributed by atoms with Crippen molar-refractivity contribution in [3.8, 4) is 0 Å². The van der Waals surface area contributed by atoms with Crippen molar-refractivity contribution in [1.82, 2.24) is 25.4 Å². The van der Waals surface area contributed by atoms with Crippen molar-refractivity contribution in [2.75, 3.05) is 38.6 Å². The molecule has 3 rings (SSSR count). The molecule has 0 bridgehead atoms. The summed E-state index contributed by atoms with van der Waals surface area (Å²) in [6.45, 7) is 6.93. The predicted octanol–water partition coefficient (Wildman–Crippen LogP) is 2.86. The lowest BCUT2D eigenvalue weighted by molar-refractivity contribution is 0.187. The molecular formula is C20H29ClN6OS. The van der Waals surface area contributed by atoms with Gasteiger partial charge in [0.05, 0.1) is 6.61 Å². The molecule has 0 saturated carbocycles. The molecule has 1 aromatic heterocycles. The molecule has 0 spiro atoms. The number of ether oxygens (including phenoxy) is 1.